The fourth-order valence-corrected chi connectivity index (χ4v) is 2.67. The molecule has 0 aliphatic carbocycles. The molecule has 1 heterocycles. The molecular weight excluding hydrogens is 368 g/mol. The Hall–Kier alpha value is -1.30. The molecule has 0 atom stereocenters. The van der Waals surface area contributed by atoms with Crippen molar-refractivity contribution in [3.63, 3.8) is 0 Å². The molecule has 0 fully saturated rings. The zero-order valence-electron chi connectivity index (χ0n) is 9.87. The van der Waals surface area contributed by atoms with E-state index in [1.807, 2.05) is 0 Å². The molecular formula is C13H7BrCl2FN3. The minimum absolute atomic E-state index is 0.275. The topological polar surface area (TPSA) is 43.8 Å². The van der Waals surface area contributed by atoms with Crippen LogP contribution < -0.4 is 5.73 Å². The van der Waals surface area contributed by atoms with Gasteiger partial charge < -0.3 is 5.73 Å². The van der Waals surface area contributed by atoms with Crippen LogP contribution >= 0.6 is 39.1 Å². The van der Waals surface area contributed by atoms with Gasteiger partial charge in [0.15, 0.2) is 0 Å². The molecule has 102 valence electrons. The third kappa shape index (κ3) is 2.16. The lowest BCUT2D eigenvalue weighted by Crippen LogP contribution is -2.00. The van der Waals surface area contributed by atoms with Crippen molar-refractivity contribution < 1.29 is 4.39 Å². The van der Waals surface area contributed by atoms with Gasteiger partial charge in [0, 0.05) is 0 Å². The maximum Gasteiger partial charge on any atom is 0.205 e. The van der Waals surface area contributed by atoms with Gasteiger partial charge >= 0.3 is 0 Å². The van der Waals surface area contributed by atoms with Gasteiger partial charge in [0.05, 0.1) is 31.2 Å². The number of fused-ring (bicyclic) bond motifs is 1. The lowest BCUT2D eigenvalue weighted by molar-refractivity contribution is 0.620. The minimum atomic E-state index is -0.349. The summed E-state index contributed by atoms with van der Waals surface area (Å²) < 4.78 is 15.4. The Morgan fingerprint density at radius 1 is 1.15 bits per heavy atom. The molecule has 3 aromatic rings. The van der Waals surface area contributed by atoms with Crippen molar-refractivity contribution in [1.82, 2.24) is 9.55 Å². The average Bonchev–Trinajstić information content (AvgIpc) is 2.69. The number of halogens is 4. The van der Waals surface area contributed by atoms with Crippen molar-refractivity contribution in [2.24, 2.45) is 0 Å². The van der Waals surface area contributed by atoms with Crippen LogP contribution in [0.5, 0.6) is 0 Å². The van der Waals surface area contributed by atoms with Crippen LogP contribution in [0.2, 0.25) is 10.0 Å². The van der Waals surface area contributed by atoms with E-state index in [4.69, 9.17) is 28.9 Å². The van der Waals surface area contributed by atoms with Crippen molar-refractivity contribution >= 4 is 56.1 Å². The second kappa shape index (κ2) is 4.91. The zero-order valence-corrected chi connectivity index (χ0v) is 13.0. The second-order valence-corrected chi connectivity index (χ2v) is 5.83. The molecule has 20 heavy (non-hydrogen) atoms. The summed E-state index contributed by atoms with van der Waals surface area (Å²) in [5, 5.41) is 0.811. The summed E-state index contributed by atoms with van der Waals surface area (Å²) in [5.41, 5.74) is 7.93. The van der Waals surface area contributed by atoms with Crippen LogP contribution in [0.15, 0.2) is 34.8 Å². The first-order valence-electron chi connectivity index (χ1n) is 5.56. The summed E-state index contributed by atoms with van der Waals surface area (Å²) in [7, 11) is 0. The molecule has 2 aromatic carbocycles. The molecule has 0 aliphatic rings. The van der Waals surface area contributed by atoms with Gasteiger partial charge in [-0.25, -0.2) is 9.37 Å². The quantitative estimate of drug-likeness (QED) is 0.663. The SMILES string of the molecule is Nc1nc2cc(Cl)c(Cl)cc2n1-c1ccc(F)c(Br)c1. The third-order valence-corrected chi connectivity index (χ3v) is 4.21. The number of imidazole rings is 1. The number of hydrogen-bond acceptors (Lipinski definition) is 2. The predicted molar refractivity (Wildman–Crippen MR) is 83.2 cm³/mol. The lowest BCUT2D eigenvalue weighted by Gasteiger charge is -2.08. The van der Waals surface area contributed by atoms with Crippen molar-refractivity contribution in [3.05, 3.63) is 50.7 Å². The summed E-state index contributed by atoms with van der Waals surface area (Å²) in [5.74, 6) is -0.0744. The number of aromatic nitrogens is 2. The Balaban J connectivity index is 2.32. The van der Waals surface area contributed by atoms with Crippen LogP contribution in [0.1, 0.15) is 0 Å². The van der Waals surface area contributed by atoms with Crippen LogP contribution in [0.4, 0.5) is 10.3 Å². The zero-order chi connectivity index (χ0) is 14.4. The van der Waals surface area contributed by atoms with Crippen molar-refractivity contribution in [2.75, 3.05) is 5.73 Å². The monoisotopic (exact) mass is 373 g/mol. The molecule has 0 unspecified atom stereocenters. The van der Waals surface area contributed by atoms with Gasteiger partial charge in [-0.1, -0.05) is 23.2 Å². The average molecular weight is 375 g/mol. The molecule has 0 bridgehead atoms. The van der Waals surface area contributed by atoms with E-state index in [9.17, 15) is 4.39 Å². The molecule has 3 rings (SSSR count). The first kappa shape index (κ1) is 13.7. The van der Waals surface area contributed by atoms with Gasteiger partial charge in [0.2, 0.25) is 5.95 Å². The summed E-state index contributed by atoms with van der Waals surface area (Å²) in [6, 6.07) is 7.90. The number of nitrogen functional groups attached to an aromatic ring is 1. The van der Waals surface area contributed by atoms with E-state index in [1.165, 1.54) is 6.07 Å². The summed E-state index contributed by atoms with van der Waals surface area (Å²) in [4.78, 5) is 4.23. The Morgan fingerprint density at radius 2 is 1.85 bits per heavy atom. The molecule has 0 saturated heterocycles. The number of rotatable bonds is 1. The Bertz CT molecular complexity index is 832. The predicted octanol–water partition coefficient (Wildman–Crippen LogP) is 4.82. The van der Waals surface area contributed by atoms with Crippen LogP contribution in [0.3, 0.4) is 0 Å². The van der Waals surface area contributed by atoms with Crippen molar-refractivity contribution in [2.45, 2.75) is 0 Å². The number of nitrogens with two attached hydrogens (primary N) is 1. The van der Waals surface area contributed by atoms with Crippen molar-refractivity contribution in [3.8, 4) is 5.69 Å². The van der Waals surface area contributed by atoms with Crippen LogP contribution in [0.25, 0.3) is 16.7 Å². The maximum atomic E-state index is 13.3. The Labute approximate surface area is 132 Å². The molecule has 0 amide bonds. The minimum Gasteiger partial charge on any atom is -0.369 e. The van der Waals surface area contributed by atoms with E-state index in [1.54, 1.807) is 28.8 Å². The van der Waals surface area contributed by atoms with Gasteiger partial charge in [-0.3, -0.25) is 4.57 Å². The summed E-state index contributed by atoms with van der Waals surface area (Å²) >= 11 is 15.1. The largest absolute Gasteiger partial charge is 0.369 e. The van der Waals surface area contributed by atoms with Gasteiger partial charge in [0.25, 0.3) is 0 Å². The first-order chi connectivity index (χ1) is 9.47. The number of nitrogens with zero attached hydrogens (tertiary/aromatic N) is 2. The standard InChI is InChI=1S/C13H7BrCl2FN3/c14-7-3-6(1-2-10(7)17)20-12-5-9(16)8(15)4-11(12)19-13(20)18/h1-5H,(H2,18,19). The van der Waals surface area contributed by atoms with Crippen LogP contribution in [-0.4, -0.2) is 9.55 Å². The van der Waals surface area contributed by atoms with Gasteiger partial charge in [-0.05, 0) is 46.3 Å². The highest BCUT2D eigenvalue weighted by Crippen LogP contribution is 2.31. The Morgan fingerprint density at radius 3 is 2.55 bits per heavy atom. The molecule has 1 aromatic heterocycles. The maximum absolute atomic E-state index is 13.3. The van der Waals surface area contributed by atoms with E-state index < -0.39 is 0 Å². The molecule has 0 saturated carbocycles. The van der Waals surface area contributed by atoms with E-state index in [0.29, 0.717) is 31.2 Å². The van der Waals surface area contributed by atoms with E-state index in [0.717, 1.165) is 0 Å². The fourth-order valence-electron chi connectivity index (χ4n) is 1.99. The molecule has 0 aliphatic heterocycles. The lowest BCUT2D eigenvalue weighted by atomic mass is 10.2. The molecule has 0 radical (unpaired) electrons. The van der Waals surface area contributed by atoms with Crippen LogP contribution in [0, 0.1) is 5.82 Å². The van der Waals surface area contributed by atoms with Gasteiger partial charge in [-0.15, -0.1) is 0 Å². The van der Waals surface area contributed by atoms with E-state index in [-0.39, 0.29) is 11.8 Å². The number of hydrogen-bond donors (Lipinski definition) is 1. The molecule has 3 nitrogen and oxygen atoms in total. The van der Waals surface area contributed by atoms with Crippen LogP contribution in [-0.2, 0) is 0 Å². The van der Waals surface area contributed by atoms with Crippen molar-refractivity contribution in [1.29, 1.82) is 0 Å². The summed E-state index contributed by atoms with van der Waals surface area (Å²) in [6.45, 7) is 0. The van der Waals surface area contributed by atoms with E-state index >= 15 is 0 Å². The number of benzene rings is 2. The summed E-state index contributed by atoms with van der Waals surface area (Å²) in [6.07, 6.45) is 0. The molecule has 0 spiro atoms. The molecule has 2 N–H and O–H groups in total. The Kier molecular flexibility index (Phi) is 3.36. The van der Waals surface area contributed by atoms with Gasteiger partial charge in [-0.2, -0.15) is 0 Å². The van der Waals surface area contributed by atoms with E-state index in [2.05, 4.69) is 20.9 Å². The normalized spacial score (nSPS) is 11.2. The highest BCUT2D eigenvalue weighted by Gasteiger charge is 2.13. The fraction of sp³-hybridized carbons (Fsp3) is 0. The highest BCUT2D eigenvalue weighted by molar-refractivity contribution is 9.10. The highest BCUT2D eigenvalue weighted by atomic mass is 79.9. The molecule has 7 heteroatoms. The first-order valence-corrected chi connectivity index (χ1v) is 7.10. The third-order valence-electron chi connectivity index (χ3n) is 2.88. The second-order valence-electron chi connectivity index (χ2n) is 4.16. The number of anilines is 1. The smallest absolute Gasteiger partial charge is 0.205 e. The van der Waals surface area contributed by atoms with Gasteiger partial charge in [0.1, 0.15) is 5.82 Å².